The molecule has 180 valence electrons. The number of nitrogens with zero attached hydrogens (tertiary/aromatic N) is 1. The van der Waals surface area contributed by atoms with Gasteiger partial charge in [-0.15, -0.1) is 0 Å². The molecule has 0 heterocycles. The summed E-state index contributed by atoms with van der Waals surface area (Å²) < 4.78 is 32.6. The zero-order chi connectivity index (χ0) is 22.9. The van der Waals surface area contributed by atoms with Crippen molar-refractivity contribution in [1.29, 1.82) is 0 Å². The fourth-order valence-corrected chi connectivity index (χ4v) is 3.81. The van der Waals surface area contributed by atoms with Crippen molar-refractivity contribution >= 4 is 14.0 Å². The van der Waals surface area contributed by atoms with E-state index in [1.165, 1.54) is 52.1 Å². The number of unbranched alkanes of at least 4 members (excludes halogenated alkanes) is 9. The van der Waals surface area contributed by atoms with Crippen LogP contribution in [0.4, 0.5) is 4.79 Å². The number of phosphoric ester groups is 1. The van der Waals surface area contributed by atoms with Gasteiger partial charge >= 0.3 is 14.0 Å². The zero-order valence-corrected chi connectivity index (χ0v) is 20.7. The maximum absolute atomic E-state index is 12.2. The van der Waals surface area contributed by atoms with E-state index in [2.05, 4.69) is 11.7 Å². The summed E-state index contributed by atoms with van der Waals surface area (Å²) in [7, 11) is 2.88. The number of carbonyl (C=O) groups is 1. The van der Waals surface area contributed by atoms with Crippen LogP contribution in [0.2, 0.25) is 0 Å². The quantitative estimate of drug-likeness (QED) is 0.123. The van der Waals surface area contributed by atoms with Gasteiger partial charge in [0.25, 0.3) is 0 Å². The Hall–Kier alpha value is -0.660. The maximum Gasteiger partial charge on any atom is 0.508 e. The molecular formula is C21H45NO7P+. The number of hydrogen-bond acceptors (Lipinski definition) is 6. The van der Waals surface area contributed by atoms with Gasteiger partial charge in [0.1, 0.15) is 25.9 Å². The minimum atomic E-state index is -4.23. The van der Waals surface area contributed by atoms with E-state index >= 15 is 0 Å². The lowest BCUT2D eigenvalue weighted by Gasteiger charge is -2.25. The van der Waals surface area contributed by atoms with Gasteiger partial charge in [0.2, 0.25) is 0 Å². The van der Waals surface area contributed by atoms with Crippen molar-refractivity contribution in [2.45, 2.75) is 83.7 Å². The van der Waals surface area contributed by atoms with Crippen LogP contribution in [0.1, 0.15) is 77.6 Å². The van der Waals surface area contributed by atoms with Crippen molar-refractivity contribution in [3.63, 3.8) is 0 Å². The van der Waals surface area contributed by atoms with Crippen molar-refractivity contribution in [3.05, 3.63) is 0 Å². The van der Waals surface area contributed by atoms with Gasteiger partial charge in [0.15, 0.2) is 0 Å². The third-order valence-corrected chi connectivity index (χ3v) is 5.81. The molecule has 2 unspecified atom stereocenters. The Bertz CT molecular complexity index is 482. The minimum Gasteiger partial charge on any atom is -0.438 e. The van der Waals surface area contributed by atoms with Crippen molar-refractivity contribution in [2.24, 2.45) is 0 Å². The third kappa shape index (κ3) is 19.3. The average molecular weight is 455 g/mol. The molecule has 0 bridgehead atoms. The van der Waals surface area contributed by atoms with Crippen molar-refractivity contribution < 1.29 is 37.3 Å². The van der Waals surface area contributed by atoms with Crippen molar-refractivity contribution in [1.82, 2.24) is 0 Å². The van der Waals surface area contributed by atoms with Crippen LogP contribution < -0.4 is 0 Å². The molecule has 0 aliphatic carbocycles. The van der Waals surface area contributed by atoms with Crippen LogP contribution in [0.5, 0.6) is 0 Å². The Morgan fingerprint density at radius 2 is 1.50 bits per heavy atom. The third-order valence-electron chi connectivity index (χ3n) is 4.73. The molecule has 0 aliphatic rings. The minimum absolute atomic E-state index is 0.0973. The van der Waals surface area contributed by atoms with Gasteiger partial charge in [-0.3, -0.25) is 9.05 Å². The van der Waals surface area contributed by atoms with Gasteiger partial charge in [-0.2, -0.15) is 0 Å². The molecule has 9 heteroatoms. The Kier molecular flexibility index (Phi) is 16.6. The van der Waals surface area contributed by atoms with Crippen LogP contribution in [0, 0.1) is 0 Å². The highest BCUT2D eigenvalue weighted by molar-refractivity contribution is 7.47. The van der Waals surface area contributed by atoms with Crippen LogP contribution in [-0.2, 0) is 23.1 Å². The summed E-state index contributed by atoms with van der Waals surface area (Å²) in [6.07, 6.45) is 10.9. The molecule has 0 rings (SSSR count). The number of carbonyl (C=O) groups excluding carboxylic acids is 1. The summed E-state index contributed by atoms with van der Waals surface area (Å²) in [6.45, 7) is 2.74. The molecule has 1 N–H and O–H groups in total. The highest BCUT2D eigenvalue weighted by Crippen LogP contribution is 2.45. The van der Waals surface area contributed by atoms with E-state index in [9.17, 15) is 14.3 Å². The van der Waals surface area contributed by atoms with Gasteiger partial charge in [-0.1, -0.05) is 71.1 Å². The standard InChI is InChI=1S/C21H44NO7P/c1-6-7-8-9-10-11-12-13-14-15-16-20(19-27-21(23)26-5)29-30(24,25)28-18-17-22(2,3)4/h20H,6-19H2,1-5H3/p+1. The summed E-state index contributed by atoms with van der Waals surface area (Å²) in [4.78, 5) is 21.2. The molecule has 0 spiro atoms. The number of likely N-dealkylation sites (N-methyl/N-ethyl adjacent to an activating group) is 1. The first kappa shape index (κ1) is 29.3. The fourth-order valence-electron chi connectivity index (χ4n) is 2.89. The van der Waals surface area contributed by atoms with Crippen LogP contribution in [0.3, 0.4) is 0 Å². The number of ether oxygens (including phenoxy) is 2. The smallest absolute Gasteiger partial charge is 0.438 e. The Labute approximate surface area is 183 Å². The summed E-state index contributed by atoms with van der Waals surface area (Å²) >= 11 is 0. The predicted molar refractivity (Wildman–Crippen MR) is 118 cm³/mol. The number of hydrogen-bond donors (Lipinski definition) is 1. The van der Waals surface area contributed by atoms with Gasteiger partial charge in [-0.25, -0.2) is 9.36 Å². The first-order valence-electron chi connectivity index (χ1n) is 11.3. The molecule has 2 atom stereocenters. The molecule has 0 aromatic carbocycles. The normalized spacial score (nSPS) is 14.9. The Balaban J connectivity index is 4.24. The second-order valence-electron chi connectivity index (χ2n) is 8.78. The summed E-state index contributed by atoms with van der Waals surface area (Å²) in [5, 5.41) is 0. The lowest BCUT2D eigenvalue weighted by Crippen LogP contribution is -2.37. The zero-order valence-electron chi connectivity index (χ0n) is 19.8. The number of rotatable bonds is 19. The molecule has 0 aliphatic heterocycles. The summed E-state index contributed by atoms with van der Waals surface area (Å²) in [5.41, 5.74) is 0. The number of quaternary nitrogens is 1. The largest absolute Gasteiger partial charge is 0.508 e. The second-order valence-corrected chi connectivity index (χ2v) is 10.2. The SMILES string of the molecule is CCCCCCCCCCCCC(COC(=O)OC)OP(=O)(O)OCC[N+](C)(C)C. The second kappa shape index (κ2) is 17.0. The van der Waals surface area contributed by atoms with Crippen LogP contribution in [0.15, 0.2) is 0 Å². The molecular weight excluding hydrogens is 409 g/mol. The van der Waals surface area contributed by atoms with Crippen molar-refractivity contribution in [3.8, 4) is 0 Å². The van der Waals surface area contributed by atoms with E-state index in [0.29, 0.717) is 17.4 Å². The molecule has 0 aromatic heterocycles. The van der Waals surface area contributed by atoms with Gasteiger partial charge in [0, 0.05) is 0 Å². The number of methoxy groups -OCH3 is 1. The first-order chi connectivity index (χ1) is 14.1. The molecule has 0 amide bonds. The van der Waals surface area contributed by atoms with Gasteiger partial charge < -0.3 is 18.9 Å². The van der Waals surface area contributed by atoms with E-state index in [1.807, 2.05) is 21.1 Å². The highest BCUT2D eigenvalue weighted by atomic mass is 31.2. The van der Waals surface area contributed by atoms with E-state index < -0.39 is 20.1 Å². The molecule has 30 heavy (non-hydrogen) atoms. The van der Waals surface area contributed by atoms with Crippen LogP contribution in [-0.4, -0.2) is 69.6 Å². The summed E-state index contributed by atoms with van der Waals surface area (Å²) in [5.74, 6) is 0. The van der Waals surface area contributed by atoms with E-state index in [4.69, 9.17) is 13.8 Å². The Morgan fingerprint density at radius 1 is 0.967 bits per heavy atom. The fraction of sp³-hybridized carbons (Fsp3) is 0.952. The predicted octanol–water partition coefficient (Wildman–Crippen LogP) is 5.29. The molecule has 0 fully saturated rings. The molecule has 8 nitrogen and oxygen atoms in total. The van der Waals surface area contributed by atoms with Crippen LogP contribution >= 0.6 is 7.82 Å². The molecule has 0 saturated carbocycles. The lowest BCUT2D eigenvalue weighted by atomic mass is 10.0. The monoisotopic (exact) mass is 454 g/mol. The van der Waals surface area contributed by atoms with Gasteiger partial charge in [-0.05, 0) is 6.42 Å². The highest BCUT2D eigenvalue weighted by Gasteiger charge is 2.28. The average Bonchev–Trinajstić information content (AvgIpc) is 2.65. The van der Waals surface area contributed by atoms with Crippen molar-refractivity contribution in [2.75, 3.05) is 48.0 Å². The maximum atomic E-state index is 12.2. The summed E-state index contributed by atoms with van der Waals surface area (Å²) in [6, 6.07) is 0. The van der Waals surface area contributed by atoms with E-state index in [-0.39, 0.29) is 13.2 Å². The molecule has 0 aromatic rings. The first-order valence-corrected chi connectivity index (χ1v) is 12.8. The topological polar surface area (TPSA) is 91.3 Å². The van der Waals surface area contributed by atoms with E-state index in [1.54, 1.807) is 0 Å². The molecule has 0 saturated heterocycles. The lowest BCUT2D eigenvalue weighted by molar-refractivity contribution is -0.870. The molecule has 0 radical (unpaired) electrons. The number of phosphoric acid groups is 1. The van der Waals surface area contributed by atoms with Gasteiger partial charge in [0.05, 0.1) is 28.3 Å². The Morgan fingerprint density at radius 3 is 2.00 bits per heavy atom. The van der Waals surface area contributed by atoms with Crippen LogP contribution in [0.25, 0.3) is 0 Å². The van der Waals surface area contributed by atoms with E-state index in [0.717, 1.165) is 19.3 Å².